The first-order chi connectivity index (χ1) is 15.3. The fourth-order valence-electron chi connectivity index (χ4n) is 2.24. The molecule has 2 atom stereocenters. The van der Waals surface area contributed by atoms with Gasteiger partial charge in [-0.3, -0.25) is 9.36 Å². The van der Waals surface area contributed by atoms with Crippen LogP contribution < -0.4 is 5.32 Å². The Balaban J connectivity index is 0.0000102. The van der Waals surface area contributed by atoms with Crippen molar-refractivity contribution in [3.8, 4) is 0 Å². The van der Waals surface area contributed by atoms with Crippen molar-refractivity contribution in [1.82, 2.24) is 5.32 Å². The van der Waals surface area contributed by atoms with Crippen molar-refractivity contribution in [2.24, 2.45) is 0 Å². The van der Waals surface area contributed by atoms with Gasteiger partial charge >= 0.3 is 13.6 Å². The topological polar surface area (TPSA) is 141 Å². The number of hydrogen-bond acceptors (Lipinski definition) is 9. The number of ether oxygens (including phenoxy) is 2. The van der Waals surface area contributed by atoms with Gasteiger partial charge in [0.05, 0.1) is 45.4 Å². The molecule has 0 aromatic heterocycles. The maximum absolute atomic E-state index is 12.4. The molecule has 1 aromatic carbocycles. The molecule has 2 unspecified atom stereocenters. The van der Waals surface area contributed by atoms with E-state index in [4.69, 9.17) is 23.6 Å². The molecule has 3 N–H and O–H groups in total. The second-order valence-corrected chi connectivity index (χ2v) is 9.80. The van der Waals surface area contributed by atoms with Crippen LogP contribution in [0.2, 0.25) is 0 Å². The second-order valence-electron chi connectivity index (χ2n) is 6.64. The largest absolute Gasteiger partial charge is 0.480 e. The summed E-state index contributed by atoms with van der Waals surface area (Å²) in [6.07, 6.45) is 0.723. The Morgan fingerprint density at radius 1 is 1.09 bits per heavy atom. The fourth-order valence-corrected chi connectivity index (χ4v) is 3.85. The number of aliphatic hydroxyl groups excluding tert-OH is 1. The molecule has 1 rings (SSSR count). The molecule has 0 spiro atoms. The van der Waals surface area contributed by atoms with Gasteiger partial charge in [-0.05, 0) is 17.7 Å². The van der Waals surface area contributed by atoms with Crippen LogP contribution in [0.5, 0.6) is 0 Å². The van der Waals surface area contributed by atoms with E-state index in [2.05, 4.69) is 5.32 Å². The number of amides is 1. The zero-order chi connectivity index (χ0) is 23.7. The summed E-state index contributed by atoms with van der Waals surface area (Å²) in [4.78, 5) is 23.4. The van der Waals surface area contributed by atoms with Gasteiger partial charge in [0.2, 0.25) is 5.91 Å². The van der Waals surface area contributed by atoms with E-state index in [9.17, 15) is 19.3 Å². The van der Waals surface area contributed by atoms with E-state index in [1.807, 2.05) is 18.2 Å². The number of rotatable bonds is 19. The first-order valence-corrected chi connectivity index (χ1v) is 13.3. The molecule has 0 aliphatic carbocycles. The van der Waals surface area contributed by atoms with Gasteiger partial charge in [-0.2, -0.15) is 11.8 Å². The Morgan fingerprint density at radius 2 is 1.76 bits per heavy atom. The third-order valence-electron chi connectivity index (χ3n) is 3.84. The minimum absolute atomic E-state index is 0. The molecule has 1 aromatic rings. The van der Waals surface area contributed by atoms with Gasteiger partial charge in [-0.25, -0.2) is 4.79 Å². The number of nitrogens with one attached hydrogen (secondary N) is 1. The number of carbonyl (C=O) groups excluding carboxylic acids is 1. The molecule has 1 amide bonds. The van der Waals surface area contributed by atoms with Gasteiger partial charge in [-0.15, -0.1) is 0 Å². The van der Waals surface area contributed by atoms with Crippen LogP contribution in [0.3, 0.4) is 0 Å². The van der Waals surface area contributed by atoms with E-state index in [0.29, 0.717) is 25.6 Å². The summed E-state index contributed by atoms with van der Waals surface area (Å²) < 4.78 is 33.2. The van der Waals surface area contributed by atoms with Crippen molar-refractivity contribution in [3.63, 3.8) is 0 Å². The van der Waals surface area contributed by atoms with Crippen molar-refractivity contribution in [2.75, 3.05) is 57.8 Å². The third-order valence-corrected chi connectivity index (χ3v) is 6.10. The van der Waals surface area contributed by atoms with E-state index in [-0.39, 0.29) is 58.3 Å². The van der Waals surface area contributed by atoms with Gasteiger partial charge in [0.1, 0.15) is 0 Å². The molecule has 0 bridgehead atoms. The summed E-state index contributed by atoms with van der Waals surface area (Å²) in [5.41, 5.74) is 0.804. The van der Waals surface area contributed by atoms with Crippen LogP contribution in [0.4, 0.5) is 0 Å². The van der Waals surface area contributed by atoms with Crippen molar-refractivity contribution in [1.29, 1.82) is 0 Å². The van der Waals surface area contributed by atoms with Crippen LogP contribution in [0.25, 0.3) is 0 Å². The monoisotopic (exact) mass is 582 g/mol. The van der Waals surface area contributed by atoms with Crippen LogP contribution in [-0.2, 0) is 72.0 Å². The Morgan fingerprint density at radius 3 is 2.39 bits per heavy atom. The molecule has 0 heterocycles. The van der Waals surface area contributed by atoms with E-state index >= 15 is 0 Å². The van der Waals surface area contributed by atoms with E-state index in [1.165, 1.54) is 18.4 Å². The molecule has 1 radical (unpaired) electrons. The minimum atomic E-state index is -3.50. The van der Waals surface area contributed by atoms with Crippen LogP contribution in [0.15, 0.2) is 30.3 Å². The molecule has 0 aliphatic heterocycles. The smallest absolute Gasteiger partial charge is 0.328 e. The summed E-state index contributed by atoms with van der Waals surface area (Å²) in [6, 6.07) is 7.75. The number of benzene rings is 1. The molecule has 10 nitrogen and oxygen atoms in total. The third kappa shape index (κ3) is 17.7. The molecular formula is C20H32NO9PSY. The molecule has 33 heavy (non-hydrogen) atoms. The molecule has 0 saturated carbocycles. The molecule has 0 saturated heterocycles. The first-order valence-electron chi connectivity index (χ1n) is 10.1. The standard InChI is InChI=1S/C20H32NO9PS.Y/c1-31(26,29-14-17-6-3-2-4-7-17)30-15-18(20(24)25)21-19(23)16-32-13-5-9-27-11-12-28-10-8-22;/h2-4,6-7,18,22H,5,8-16H2,1H3,(H,21,23)(H,24,25);. The van der Waals surface area contributed by atoms with Gasteiger partial charge in [-0.1, -0.05) is 30.3 Å². The molecular weight excluding hydrogens is 550 g/mol. The average molecular weight is 582 g/mol. The van der Waals surface area contributed by atoms with Crippen LogP contribution in [-0.4, -0.2) is 85.9 Å². The van der Waals surface area contributed by atoms with Crippen LogP contribution in [0.1, 0.15) is 12.0 Å². The van der Waals surface area contributed by atoms with Crippen molar-refractivity contribution < 1.29 is 75.6 Å². The maximum Gasteiger partial charge on any atom is 0.328 e. The normalized spacial score (nSPS) is 13.5. The minimum Gasteiger partial charge on any atom is -0.480 e. The number of carboxylic acids is 1. The zero-order valence-corrected chi connectivity index (χ0v) is 23.3. The predicted octanol–water partition coefficient (Wildman–Crippen LogP) is 1.76. The summed E-state index contributed by atoms with van der Waals surface area (Å²) in [5.74, 6) is -1.00. The molecule has 13 heteroatoms. The van der Waals surface area contributed by atoms with Crippen molar-refractivity contribution in [2.45, 2.75) is 19.1 Å². The Hall–Kier alpha value is -0.356. The quantitative estimate of drug-likeness (QED) is 0.163. The van der Waals surface area contributed by atoms with Crippen LogP contribution in [0, 0.1) is 0 Å². The number of hydrogen-bond donors (Lipinski definition) is 3. The molecule has 185 valence electrons. The summed E-state index contributed by atoms with van der Waals surface area (Å²) in [5, 5.41) is 20.2. The van der Waals surface area contributed by atoms with Gasteiger partial charge in [0, 0.05) is 46.0 Å². The van der Waals surface area contributed by atoms with E-state index in [0.717, 1.165) is 12.0 Å². The Kier molecular flexibility index (Phi) is 19.7. The van der Waals surface area contributed by atoms with Gasteiger partial charge in [0.25, 0.3) is 0 Å². The number of carboxylic acid groups (broad SMARTS) is 1. The van der Waals surface area contributed by atoms with E-state index < -0.39 is 32.1 Å². The second kappa shape index (κ2) is 19.9. The number of carbonyl (C=O) groups is 2. The van der Waals surface area contributed by atoms with Gasteiger partial charge in [0.15, 0.2) is 6.04 Å². The Labute approximate surface area is 223 Å². The Bertz CT molecular complexity index is 714. The first kappa shape index (κ1) is 32.6. The average Bonchev–Trinajstić information content (AvgIpc) is 2.77. The summed E-state index contributed by atoms with van der Waals surface area (Å²) in [7, 11) is -3.50. The molecule has 0 aliphatic rings. The van der Waals surface area contributed by atoms with E-state index in [1.54, 1.807) is 12.1 Å². The maximum atomic E-state index is 12.4. The number of aliphatic hydroxyl groups is 1. The SMILES string of the molecule is CP(=O)(OCc1ccccc1)OCC(NC(=O)CSCCCOCCOCCO)C(=O)O.[Y]. The number of thioether (sulfide) groups is 1. The summed E-state index contributed by atoms with van der Waals surface area (Å²) in [6.45, 7) is 2.47. The van der Waals surface area contributed by atoms with Gasteiger partial charge < -0.3 is 34.1 Å². The fraction of sp³-hybridized carbons (Fsp3) is 0.600. The van der Waals surface area contributed by atoms with Crippen LogP contribution >= 0.6 is 19.4 Å². The van der Waals surface area contributed by atoms with Crippen molar-refractivity contribution in [3.05, 3.63) is 35.9 Å². The predicted molar refractivity (Wildman–Crippen MR) is 121 cm³/mol. The summed E-state index contributed by atoms with van der Waals surface area (Å²) >= 11 is 1.35. The molecule has 0 fully saturated rings. The van der Waals surface area contributed by atoms with Crippen molar-refractivity contribution >= 4 is 31.2 Å². The zero-order valence-electron chi connectivity index (χ0n) is 18.7. The number of aliphatic carboxylic acids is 1.